The Kier molecular flexibility index (Phi) is 2.33. The standard InChI is InChI=1S/C11H8O2S/c12-11(13)9-5-2-1-4-8(9)10-6-3-7-14-10/h1-7H,(H,12,13)/p-1. The molecule has 0 aliphatic heterocycles. The van der Waals surface area contributed by atoms with Gasteiger partial charge in [0, 0.05) is 16.0 Å². The van der Waals surface area contributed by atoms with Gasteiger partial charge in [-0.05, 0) is 11.4 Å². The zero-order valence-electron chi connectivity index (χ0n) is 7.27. The molecule has 0 saturated carbocycles. The highest BCUT2D eigenvalue weighted by atomic mass is 32.1. The van der Waals surface area contributed by atoms with Gasteiger partial charge in [0.05, 0.1) is 5.97 Å². The first-order valence-electron chi connectivity index (χ1n) is 4.13. The van der Waals surface area contributed by atoms with E-state index in [-0.39, 0.29) is 5.56 Å². The fourth-order valence-corrected chi connectivity index (χ4v) is 2.07. The monoisotopic (exact) mass is 203 g/mol. The van der Waals surface area contributed by atoms with Crippen LogP contribution in [-0.2, 0) is 0 Å². The van der Waals surface area contributed by atoms with Crippen LogP contribution in [0.15, 0.2) is 41.8 Å². The number of carboxylic acids is 1. The van der Waals surface area contributed by atoms with Gasteiger partial charge >= 0.3 is 0 Å². The molecule has 2 nitrogen and oxygen atoms in total. The summed E-state index contributed by atoms with van der Waals surface area (Å²) in [4.78, 5) is 11.8. The van der Waals surface area contributed by atoms with Crippen LogP contribution in [0.4, 0.5) is 0 Å². The fourth-order valence-electron chi connectivity index (χ4n) is 1.31. The number of hydrogen-bond acceptors (Lipinski definition) is 3. The molecule has 0 bridgehead atoms. The second kappa shape index (κ2) is 3.64. The van der Waals surface area contributed by atoms with E-state index < -0.39 is 5.97 Å². The molecule has 1 heterocycles. The smallest absolute Gasteiger partial charge is 0.0721 e. The Morgan fingerprint density at radius 3 is 2.57 bits per heavy atom. The van der Waals surface area contributed by atoms with Crippen molar-refractivity contribution >= 4 is 17.3 Å². The molecule has 70 valence electrons. The largest absolute Gasteiger partial charge is 0.545 e. The number of aromatic carboxylic acids is 1. The highest BCUT2D eigenvalue weighted by molar-refractivity contribution is 7.13. The van der Waals surface area contributed by atoms with Gasteiger partial charge in [0.25, 0.3) is 0 Å². The molecule has 1 aromatic heterocycles. The molecule has 2 aromatic rings. The number of carboxylic acid groups (broad SMARTS) is 1. The van der Waals surface area contributed by atoms with Crippen molar-refractivity contribution in [2.24, 2.45) is 0 Å². The van der Waals surface area contributed by atoms with Crippen LogP contribution in [-0.4, -0.2) is 5.97 Å². The Labute approximate surface area is 85.4 Å². The van der Waals surface area contributed by atoms with Crippen LogP contribution >= 0.6 is 11.3 Å². The quantitative estimate of drug-likeness (QED) is 0.746. The summed E-state index contributed by atoms with van der Waals surface area (Å²) in [6.45, 7) is 0. The third-order valence-electron chi connectivity index (χ3n) is 1.93. The molecule has 0 aliphatic carbocycles. The zero-order chi connectivity index (χ0) is 9.97. The molecule has 0 atom stereocenters. The summed E-state index contributed by atoms with van der Waals surface area (Å²) >= 11 is 1.52. The molecular weight excluding hydrogens is 196 g/mol. The lowest BCUT2D eigenvalue weighted by atomic mass is 10.1. The Morgan fingerprint density at radius 2 is 1.93 bits per heavy atom. The van der Waals surface area contributed by atoms with Crippen molar-refractivity contribution in [1.82, 2.24) is 0 Å². The van der Waals surface area contributed by atoms with E-state index in [4.69, 9.17) is 0 Å². The minimum atomic E-state index is -1.13. The Hall–Kier alpha value is -1.61. The van der Waals surface area contributed by atoms with Crippen molar-refractivity contribution in [3.05, 3.63) is 47.3 Å². The van der Waals surface area contributed by atoms with E-state index >= 15 is 0 Å². The lowest BCUT2D eigenvalue weighted by molar-refractivity contribution is -0.254. The van der Waals surface area contributed by atoms with Crippen molar-refractivity contribution in [3.8, 4) is 10.4 Å². The van der Waals surface area contributed by atoms with Crippen molar-refractivity contribution in [3.63, 3.8) is 0 Å². The first-order chi connectivity index (χ1) is 6.79. The van der Waals surface area contributed by atoms with Gasteiger partial charge in [-0.25, -0.2) is 0 Å². The highest BCUT2D eigenvalue weighted by Crippen LogP contribution is 2.27. The molecule has 0 radical (unpaired) electrons. The average Bonchev–Trinajstić information content (AvgIpc) is 2.70. The van der Waals surface area contributed by atoms with E-state index in [9.17, 15) is 9.90 Å². The van der Waals surface area contributed by atoms with Crippen LogP contribution in [0, 0.1) is 0 Å². The molecule has 0 aliphatic rings. The summed E-state index contributed by atoms with van der Waals surface area (Å²) in [6.07, 6.45) is 0. The molecule has 2 rings (SSSR count). The number of thiophene rings is 1. The topological polar surface area (TPSA) is 40.1 Å². The maximum absolute atomic E-state index is 10.8. The van der Waals surface area contributed by atoms with Crippen LogP contribution in [0.1, 0.15) is 10.4 Å². The number of carbonyl (C=O) groups is 1. The first-order valence-corrected chi connectivity index (χ1v) is 5.01. The Morgan fingerprint density at radius 1 is 1.14 bits per heavy atom. The zero-order valence-corrected chi connectivity index (χ0v) is 8.08. The van der Waals surface area contributed by atoms with Gasteiger partial charge in [-0.3, -0.25) is 0 Å². The first kappa shape index (κ1) is 8.97. The predicted octanol–water partition coefficient (Wildman–Crippen LogP) is 1.78. The molecule has 14 heavy (non-hydrogen) atoms. The summed E-state index contributed by atoms with van der Waals surface area (Å²) in [7, 11) is 0. The molecule has 0 saturated heterocycles. The summed E-state index contributed by atoms with van der Waals surface area (Å²) in [5, 5.41) is 12.7. The van der Waals surface area contributed by atoms with Gasteiger partial charge in [0.2, 0.25) is 0 Å². The van der Waals surface area contributed by atoms with E-state index in [1.807, 2.05) is 23.6 Å². The van der Waals surface area contributed by atoms with Gasteiger partial charge in [-0.2, -0.15) is 0 Å². The van der Waals surface area contributed by atoms with Crippen LogP contribution < -0.4 is 5.11 Å². The van der Waals surface area contributed by atoms with E-state index in [2.05, 4.69) is 0 Å². The lowest BCUT2D eigenvalue weighted by Crippen LogP contribution is -2.22. The molecule has 0 unspecified atom stereocenters. The minimum Gasteiger partial charge on any atom is -0.545 e. The van der Waals surface area contributed by atoms with E-state index in [1.54, 1.807) is 18.2 Å². The number of carbonyl (C=O) groups excluding carboxylic acids is 1. The number of benzene rings is 1. The summed E-state index contributed by atoms with van der Waals surface area (Å²) in [6, 6.07) is 10.7. The fraction of sp³-hybridized carbons (Fsp3) is 0. The number of hydrogen-bond donors (Lipinski definition) is 0. The SMILES string of the molecule is O=C([O-])c1ccccc1-c1cccs1. The van der Waals surface area contributed by atoms with Gasteiger partial charge in [0.15, 0.2) is 0 Å². The Bertz CT molecular complexity index is 446. The molecule has 0 N–H and O–H groups in total. The average molecular weight is 203 g/mol. The maximum Gasteiger partial charge on any atom is 0.0721 e. The molecule has 1 aromatic carbocycles. The predicted molar refractivity (Wildman–Crippen MR) is 54.1 cm³/mol. The van der Waals surface area contributed by atoms with Gasteiger partial charge < -0.3 is 9.90 Å². The summed E-state index contributed by atoms with van der Waals surface area (Å²) in [5.41, 5.74) is 0.970. The third kappa shape index (κ3) is 1.54. The van der Waals surface area contributed by atoms with Gasteiger partial charge in [0.1, 0.15) is 0 Å². The second-order valence-corrected chi connectivity index (χ2v) is 3.76. The maximum atomic E-state index is 10.8. The summed E-state index contributed by atoms with van der Waals surface area (Å²) < 4.78 is 0. The molecule has 0 amide bonds. The van der Waals surface area contributed by atoms with Gasteiger partial charge in [-0.15, -0.1) is 11.3 Å². The van der Waals surface area contributed by atoms with Crippen LogP contribution in [0.25, 0.3) is 10.4 Å². The number of rotatable bonds is 2. The van der Waals surface area contributed by atoms with Crippen LogP contribution in [0.2, 0.25) is 0 Å². The minimum absolute atomic E-state index is 0.245. The van der Waals surface area contributed by atoms with Crippen molar-refractivity contribution in [2.75, 3.05) is 0 Å². The summed E-state index contributed by atoms with van der Waals surface area (Å²) in [5.74, 6) is -1.13. The van der Waals surface area contributed by atoms with Gasteiger partial charge in [-0.1, -0.05) is 30.3 Å². The normalized spacial score (nSPS) is 10.0. The van der Waals surface area contributed by atoms with Crippen LogP contribution in [0.3, 0.4) is 0 Å². The highest BCUT2D eigenvalue weighted by Gasteiger charge is 2.04. The van der Waals surface area contributed by atoms with E-state index in [1.165, 1.54) is 11.3 Å². The van der Waals surface area contributed by atoms with Crippen molar-refractivity contribution in [2.45, 2.75) is 0 Å². The van der Waals surface area contributed by atoms with Crippen molar-refractivity contribution < 1.29 is 9.90 Å². The second-order valence-electron chi connectivity index (χ2n) is 2.81. The lowest BCUT2D eigenvalue weighted by Gasteiger charge is -2.07. The van der Waals surface area contributed by atoms with Crippen molar-refractivity contribution in [1.29, 1.82) is 0 Å². The third-order valence-corrected chi connectivity index (χ3v) is 2.84. The molecule has 0 fully saturated rings. The van der Waals surface area contributed by atoms with Crippen LogP contribution in [0.5, 0.6) is 0 Å². The Balaban J connectivity index is 2.58. The molecular formula is C11H7O2S-. The molecule has 3 heteroatoms. The van der Waals surface area contributed by atoms with E-state index in [0.29, 0.717) is 0 Å². The molecule has 0 spiro atoms. The van der Waals surface area contributed by atoms with E-state index in [0.717, 1.165) is 10.4 Å².